The van der Waals surface area contributed by atoms with Crippen molar-refractivity contribution < 1.29 is 19.5 Å². The zero-order chi connectivity index (χ0) is 20.1. The minimum atomic E-state index is -0.751. The van der Waals surface area contributed by atoms with Crippen LogP contribution in [-0.2, 0) is 14.4 Å². The number of nitrogens with one attached hydrogen (secondary N) is 1. The van der Waals surface area contributed by atoms with Crippen LogP contribution in [0.2, 0.25) is 0 Å². The molecule has 0 aromatic heterocycles. The molecule has 6 nitrogen and oxygen atoms in total. The van der Waals surface area contributed by atoms with Crippen LogP contribution >= 0.6 is 0 Å². The fraction of sp³-hybridized carbons (Fsp3) is 0.762. The monoisotopic (exact) mass is 378 g/mol. The second-order valence-corrected chi connectivity index (χ2v) is 8.54. The van der Waals surface area contributed by atoms with E-state index < -0.39 is 5.97 Å². The highest BCUT2D eigenvalue weighted by molar-refractivity contribution is 5.79. The molecule has 0 spiro atoms. The predicted octanol–water partition coefficient (Wildman–Crippen LogP) is 2.69. The number of hydrogen-bond donors (Lipinski definition) is 2. The number of likely N-dealkylation sites (tertiary alicyclic amines) is 1. The van der Waals surface area contributed by atoms with Gasteiger partial charge in [0.15, 0.2) is 0 Å². The molecule has 2 N–H and O–H groups in total. The summed E-state index contributed by atoms with van der Waals surface area (Å²) in [4.78, 5) is 36.9. The second kappa shape index (κ2) is 9.38. The Balaban J connectivity index is 1.93. The summed E-state index contributed by atoms with van der Waals surface area (Å²) in [6, 6.07) is 0. The Bertz CT molecular complexity index is 591. The predicted molar refractivity (Wildman–Crippen MR) is 104 cm³/mol. The molecular formula is C21H34N2O4. The van der Waals surface area contributed by atoms with Crippen molar-refractivity contribution in [3.8, 4) is 0 Å². The topological polar surface area (TPSA) is 86.7 Å². The van der Waals surface area contributed by atoms with E-state index in [4.69, 9.17) is 5.11 Å². The van der Waals surface area contributed by atoms with Crippen LogP contribution in [0, 0.1) is 29.6 Å². The highest BCUT2D eigenvalue weighted by Gasteiger charge is 2.33. The van der Waals surface area contributed by atoms with Crippen molar-refractivity contribution in [1.82, 2.24) is 10.2 Å². The van der Waals surface area contributed by atoms with Gasteiger partial charge in [-0.25, -0.2) is 0 Å². The van der Waals surface area contributed by atoms with E-state index in [9.17, 15) is 14.4 Å². The molecule has 1 aliphatic heterocycles. The first-order valence-electron chi connectivity index (χ1n) is 10.1. The van der Waals surface area contributed by atoms with Gasteiger partial charge >= 0.3 is 5.97 Å². The summed E-state index contributed by atoms with van der Waals surface area (Å²) in [7, 11) is 0. The Morgan fingerprint density at radius 1 is 1.26 bits per heavy atom. The van der Waals surface area contributed by atoms with Crippen molar-refractivity contribution in [2.45, 2.75) is 53.4 Å². The molecule has 27 heavy (non-hydrogen) atoms. The first-order valence-corrected chi connectivity index (χ1v) is 10.1. The number of hydrogen-bond acceptors (Lipinski definition) is 3. The van der Waals surface area contributed by atoms with E-state index in [0.717, 1.165) is 24.8 Å². The van der Waals surface area contributed by atoms with Crippen LogP contribution in [-0.4, -0.2) is 47.4 Å². The van der Waals surface area contributed by atoms with Crippen molar-refractivity contribution in [2.24, 2.45) is 29.6 Å². The maximum Gasteiger partial charge on any atom is 0.303 e. The number of carbonyl (C=O) groups is 3. The number of amides is 2. The SMILES string of the molecule is CC(=O)N1CCC(C(=O)NCC2C=C(C)C(CC(=O)O)CC2C(C)C)CC1. The third-order valence-electron chi connectivity index (χ3n) is 6.33. The van der Waals surface area contributed by atoms with Gasteiger partial charge in [-0.3, -0.25) is 14.4 Å². The Kier molecular flexibility index (Phi) is 7.45. The lowest BCUT2D eigenvalue weighted by Crippen LogP contribution is -2.44. The standard InChI is InChI=1S/C21H34N2O4/c1-13(2)19-10-17(11-20(25)26)14(3)9-18(19)12-22-21(27)16-5-7-23(8-6-16)15(4)24/h9,13,16-19H,5-8,10-12H2,1-4H3,(H,22,27)(H,25,26). The molecule has 3 unspecified atom stereocenters. The summed E-state index contributed by atoms with van der Waals surface area (Å²) in [5, 5.41) is 12.3. The number of piperidine rings is 1. The summed E-state index contributed by atoms with van der Waals surface area (Å²) < 4.78 is 0. The molecule has 0 aromatic carbocycles. The summed E-state index contributed by atoms with van der Waals surface area (Å²) in [5.41, 5.74) is 1.13. The second-order valence-electron chi connectivity index (χ2n) is 8.54. The Labute approximate surface area is 162 Å². The van der Waals surface area contributed by atoms with E-state index in [2.05, 4.69) is 25.2 Å². The van der Waals surface area contributed by atoms with Gasteiger partial charge in [0.25, 0.3) is 0 Å². The van der Waals surface area contributed by atoms with E-state index in [1.54, 1.807) is 11.8 Å². The van der Waals surface area contributed by atoms with Gasteiger partial charge in [-0.2, -0.15) is 0 Å². The molecule has 0 saturated carbocycles. The molecule has 0 radical (unpaired) electrons. The first kappa shape index (κ1) is 21.5. The van der Waals surface area contributed by atoms with Crippen LogP contribution in [0.5, 0.6) is 0 Å². The quantitative estimate of drug-likeness (QED) is 0.696. The van der Waals surface area contributed by atoms with E-state index in [-0.39, 0.29) is 36.0 Å². The highest BCUT2D eigenvalue weighted by atomic mass is 16.4. The van der Waals surface area contributed by atoms with Gasteiger partial charge < -0.3 is 15.3 Å². The van der Waals surface area contributed by atoms with Crippen LogP contribution < -0.4 is 5.32 Å². The molecule has 1 saturated heterocycles. The van der Waals surface area contributed by atoms with Crippen LogP contribution in [0.1, 0.15) is 53.4 Å². The first-order chi connectivity index (χ1) is 12.7. The Morgan fingerprint density at radius 3 is 2.41 bits per heavy atom. The van der Waals surface area contributed by atoms with E-state index in [1.165, 1.54) is 0 Å². The summed E-state index contributed by atoms with van der Waals surface area (Å²) >= 11 is 0. The lowest BCUT2D eigenvalue weighted by atomic mass is 9.70. The van der Waals surface area contributed by atoms with Gasteiger partial charge in [-0.15, -0.1) is 0 Å². The molecule has 2 aliphatic rings. The zero-order valence-electron chi connectivity index (χ0n) is 17.0. The molecule has 2 rings (SSSR count). The van der Waals surface area contributed by atoms with E-state index >= 15 is 0 Å². The number of aliphatic carboxylic acids is 1. The van der Waals surface area contributed by atoms with E-state index in [0.29, 0.717) is 31.5 Å². The zero-order valence-corrected chi connectivity index (χ0v) is 17.0. The summed E-state index contributed by atoms with van der Waals surface area (Å²) in [5.74, 6) is 0.538. The van der Waals surface area contributed by atoms with Crippen LogP contribution in [0.25, 0.3) is 0 Å². The molecule has 1 heterocycles. The summed E-state index contributed by atoms with van der Waals surface area (Å²) in [6.07, 6.45) is 4.67. The Hall–Kier alpha value is -1.85. The minimum Gasteiger partial charge on any atom is -0.481 e. The van der Waals surface area contributed by atoms with Gasteiger partial charge in [0.05, 0.1) is 6.42 Å². The number of carbonyl (C=O) groups excluding carboxylic acids is 2. The molecule has 152 valence electrons. The molecule has 6 heteroatoms. The number of allylic oxidation sites excluding steroid dienone is 1. The van der Waals surface area contributed by atoms with Crippen molar-refractivity contribution in [3.05, 3.63) is 11.6 Å². The highest BCUT2D eigenvalue weighted by Crippen LogP contribution is 2.38. The average Bonchev–Trinajstić information content (AvgIpc) is 2.60. The molecule has 3 atom stereocenters. The lowest BCUT2D eigenvalue weighted by Gasteiger charge is -2.37. The van der Waals surface area contributed by atoms with Crippen molar-refractivity contribution in [1.29, 1.82) is 0 Å². The lowest BCUT2D eigenvalue weighted by molar-refractivity contribution is -0.138. The molecule has 2 amide bonds. The molecule has 1 aliphatic carbocycles. The smallest absolute Gasteiger partial charge is 0.303 e. The fourth-order valence-electron chi connectivity index (χ4n) is 4.54. The molecule has 0 bridgehead atoms. The number of rotatable bonds is 6. The minimum absolute atomic E-state index is 0.0217. The van der Waals surface area contributed by atoms with Gasteiger partial charge in [0.1, 0.15) is 0 Å². The fourth-order valence-corrected chi connectivity index (χ4v) is 4.54. The van der Waals surface area contributed by atoms with Gasteiger partial charge in [-0.05, 0) is 49.9 Å². The number of carboxylic acids is 1. The normalized spacial score (nSPS) is 26.6. The molecule has 1 fully saturated rings. The van der Waals surface area contributed by atoms with Crippen molar-refractivity contribution in [3.63, 3.8) is 0 Å². The Morgan fingerprint density at radius 2 is 1.89 bits per heavy atom. The number of nitrogens with zero attached hydrogens (tertiary/aromatic N) is 1. The van der Waals surface area contributed by atoms with E-state index in [1.807, 2.05) is 6.92 Å². The maximum absolute atomic E-state index is 12.6. The van der Waals surface area contributed by atoms with Crippen molar-refractivity contribution in [2.75, 3.05) is 19.6 Å². The van der Waals surface area contributed by atoms with Gasteiger partial charge in [0, 0.05) is 32.5 Å². The van der Waals surface area contributed by atoms with Crippen LogP contribution in [0.3, 0.4) is 0 Å². The van der Waals surface area contributed by atoms with Crippen LogP contribution in [0.15, 0.2) is 11.6 Å². The maximum atomic E-state index is 12.6. The largest absolute Gasteiger partial charge is 0.481 e. The van der Waals surface area contributed by atoms with Crippen LogP contribution in [0.4, 0.5) is 0 Å². The van der Waals surface area contributed by atoms with Gasteiger partial charge in [0.2, 0.25) is 11.8 Å². The van der Waals surface area contributed by atoms with Gasteiger partial charge in [-0.1, -0.05) is 25.5 Å². The third kappa shape index (κ3) is 5.81. The molecule has 0 aromatic rings. The average molecular weight is 379 g/mol. The number of carboxylic acid groups (broad SMARTS) is 1. The summed E-state index contributed by atoms with van der Waals surface area (Å²) in [6.45, 7) is 9.83. The van der Waals surface area contributed by atoms with Crippen molar-refractivity contribution >= 4 is 17.8 Å². The third-order valence-corrected chi connectivity index (χ3v) is 6.33. The molecular weight excluding hydrogens is 344 g/mol.